The zero-order valence-electron chi connectivity index (χ0n) is 5.71. The zero-order valence-corrected chi connectivity index (χ0v) is 5.71. The molecule has 0 radical (unpaired) electrons. The lowest BCUT2D eigenvalue weighted by molar-refractivity contribution is 0.129. The predicted octanol–water partition coefficient (Wildman–Crippen LogP) is 1.56. The van der Waals surface area contributed by atoms with Gasteiger partial charge in [-0.25, -0.2) is 0 Å². The first kappa shape index (κ1) is 5.72. The topological polar surface area (TPSA) is 20.2 Å². The van der Waals surface area contributed by atoms with Crippen molar-refractivity contribution < 1.29 is 5.11 Å². The Morgan fingerprint density at radius 1 is 1.11 bits per heavy atom. The van der Waals surface area contributed by atoms with Crippen LogP contribution in [0.5, 0.6) is 0 Å². The van der Waals surface area contributed by atoms with Crippen molar-refractivity contribution in [2.75, 3.05) is 0 Å². The molecule has 1 heteroatoms. The summed E-state index contributed by atoms with van der Waals surface area (Å²) in [5.74, 6) is 1.57. The molecule has 2 bridgehead atoms. The molecule has 0 aromatic rings. The van der Waals surface area contributed by atoms with Gasteiger partial charge >= 0.3 is 0 Å². The Kier molecular flexibility index (Phi) is 1.26. The Balaban J connectivity index is 2.07. The summed E-state index contributed by atoms with van der Waals surface area (Å²) in [7, 11) is 0. The maximum Gasteiger partial charge on any atom is 0.0571 e. The van der Waals surface area contributed by atoms with Crippen molar-refractivity contribution in [1.29, 1.82) is 0 Å². The van der Waals surface area contributed by atoms with Gasteiger partial charge in [-0.15, -0.1) is 0 Å². The van der Waals surface area contributed by atoms with Gasteiger partial charge in [0.2, 0.25) is 0 Å². The van der Waals surface area contributed by atoms with Crippen molar-refractivity contribution >= 4 is 0 Å². The van der Waals surface area contributed by atoms with Crippen LogP contribution in [0.3, 0.4) is 0 Å². The standard InChI is InChI=1S/C8H14O/c9-8-5-6-2-1-3-7(8)4-6/h6-9H,1-5H2/t6-,7-,8+/m0/s1. The first-order valence-electron chi connectivity index (χ1n) is 4.04. The molecule has 0 amide bonds. The minimum Gasteiger partial charge on any atom is -0.393 e. The molecule has 52 valence electrons. The van der Waals surface area contributed by atoms with E-state index in [2.05, 4.69) is 0 Å². The highest BCUT2D eigenvalue weighted by Crippen LogP contribution is 2.41. The van der Waals surface area contributed by atoms with E-state index in [4.69, 9.17) is 0 Å². The van der Waals surface area contributed by atoms with E-state index in [1.807, 2.05) is 0 Å². The van der Waals surface area contributed by atoms with E-state index in [0.29, 0.717) is 5.92 Å². The van der Waals surface area contributed by atoms with E-state index in [0.717, 1.165) is 12.3 Å². The average Bonchev–Trinajstić information content (AvgIpc) is 2.09. The highest BCUT2D eigenvalue weighted by atomic mass is 16.3. The van der Waals surface area contributed by atoms with Crippen LogP contribution in [-0.4, -0.2) is 11.2 Å². The Morgan fingerprint density at radius 3 is 2.67 bits per heavy atom. The van der Waals surface area contributed by atoms with Gasteiger partial charge in [0.15, 0.2) is 0 Å². The van der Waals surface area contributed by atoms with E-state index >= 15 is 0 Å². The highest BCUT2D eigenvalue weighted by Gasteiger charge is 2.35. The van der Waals surface area contributed by atoms with Crippen molar-refractivity contribution in [2.45, 2.75) is 38.2 Å². The number of rotatable bonds is 0. The molecule has 3 atom stereocenters. The molecular formula is C8H14O. The molecule has 0 aromatic heterocycles. The first-order chi connectivity index (χ1) is 4.36. The highest BCUT2D eigenvalue weighted by molar-refractivity contribution is 4.86. The Hall–Kier alpha value is -0.0400. The quantitative estimate of drug-likeness (QED) is 0.522. The Labute approximate surface area is 56.1 Å². The summed E-state index contributed by atoms with van der Waals surface area (Å²) < 4.78 is 0. The maximum atomic E-state index is 9.40. The van der Waals surface area contributed by atoms with Crippen LogP contribution in [0.15, 0.2) is 0 Å². The van der Waals surface area contributed by atoms with Crippen molar-refractivity contribution in [3.8, 4) is 0 Å². The minimum absolute atomic E-state index is 0.0671. The second-order valence-electron chi connectivity index (χ2n) is 3.60. The lowest BCUT2D eigenvalue weighted by Gasteiger charge is -2.17. The molecule has 1 nitrogen and oxygen atoms in total. The lowest BCUT2D eigenvalue weighted by atomic mass is 9.89. The first-order valence-corrected chi connectivity index (χ1v) is 4.04. The molecule has 9 heavy (non-hydrogen) atoms. The van der Waals surface area contributed by atoms with Crippen LogP contribution in [0.2, 0.25) is 0 Å². The van der Waals surface area contributed by atoms with Gasteiger partial charge in [-0.2, -0.15) is 0 Å². The van der Waals surface area contributed by atoms with Gasteiger partial charge in [0.1, 0.15) is 0 Å². The average molecular weight is 126 g/mol. The molecule has 2 saturated carbocycles. The van der Waals surface area contributed by atoms with Gasteiger partial charge in [0, 0.05) is 0 Å². The fourth-order valence-electron chi connectivity index (χ4n) is 2.43. The fourth-order valence-corrected chi connectivity index (χ4v) is 2.43. The third-order valence-electron chi connectivity index (χ3n) is 2.94. The summed E-state index contributed by atoms with van der Waals surface area (Å²) in [6.45, 7) is 0. The number of aliphatic hydroxyl groups excluding tert-OH is 1. The maximum absolute atomic E-state index is 9.40. The second kappa shape index (κ2) is 1.98. The molecule has 0 aliphatic heterocycles. The zero-order chi connectivity index (χ0) is 6.27. The molecule has 0 spiro atoms. The van der Waals surface area contributed by atoms with Crippen molar-refractivity contribution in [3.63, 3.8) is 0 Å². The molecule has 0 unspecified atom stereocenters. The van der Waals surface area contributed by atoms with E-state index in [1.54, 1.807) is 0 Å². The Morgan fingerprint density at radius 2 is 2.00 bits per heavy atom. The molecule has 2 aliphatic rings. The largest absolute Gasteiger partial charge is 0.393 e. The number of hydrogen-bond acceptors (Lipinski definition) is 1. The van der Waals surface area contributed by atoms with Gasteiger partial charge in [0.05, 0.1) is 6.10 Å². The van der Waals surface area contributed by atoms with Crippen molar-refractivity contribution in [3.05, 3.63) is 0 Å². The molecule has 2 fully saturated rings. The van der Waals surface area contributed by atoms with Crippen LogP contribution in [-0.2, 0) is 0 Å². The van der Waals surface area contributed by atoms with Crippen LogP contribution in [0.1, 0.15) is 32.1 Å². The molecular weight excluding hydrogens is 112 g/mol. The summed E-state index contributed by atoms with van der Waals surface area (Å²) in [6.07, 6.45) is 6.53. The van der Waals surface area contributed by atoms with Crippen LogP contribution < -0.4 is 0 Å². The van der Waals surface area contributed by atoms with Gasteiger partial charge in [-0.05, 0) is 31.1 Å². The molecule has 2 rings (SSSR count). The summed E-state index contributed by atoms with van der Waals surface area (Å²) in [6, 6.07) is 0. The second-order valence-corrected chi connectivity index (χ2v) is 3.60. The number of fused-ring (bicyclic) bond motifs is 2. The molecule has 1 N–H and O–H groups in total. The normalized spacial score (nSPS) is 49.7. The van der Waals surface area contributed by atoms with Gasteiger partial charge in [-0.3, -0.25) is 0 Å². The lowest BCUT2D eigenvalue weighted by Crippen LogP contribution is -2.12. The van der Waals surface area contributed by atoms with E-state index < -0.39 is 0 Å². The molecule has 0 aromatic carbocycles. The summed E-state index contributed by atoms with van der Waals surface area (Å²) in [5.41, 5.74) is 0. The summed E-state index contributed by atoms with van der Waals surface area (Å²) in [4.78, 5) is 0. The van der Waals surface area contributed by atoms with Crippen molar-refractivity contribution in [2.24, 2.45) is 11.8 Å². The van der Waals surface area contributed by atoms with Gasteiger partial charge < -0.3 is 5.11 Å². The van der Waals surface area contributed by atoms with Crippen LogP contribution in [0, 0.1) is 11.8 Å². The number of hydrogen-bond donors (Lipinski definition) is 1. The van der Waals surface area contributed by atoms with Crippen LogP contribution in [0.25, 0.3) is 0 Å². The molecule has 0 heterocycles. The van der Waals surface area contributed by atoms with E-state index in [1.165, 1.54) is 25.7 Å². The predicted molar refractivity (Wildman–Crippen MR) is 36.1 cm³/mol. The van der Waals surface area contributed by atoms with Crippen LogP contribution >= 0.6 is 0 Å². The van der Waals surface area contributed by atoms with E-state index in [-0.39, 0.29) is 6.10 Å². The fraction of sp³-hybridized carbons (Fsp3) is 1.00. The monoisotopic (exact) mass is 126 g/mol. The minimum atomic E-state index is 0.0671. The van der Waals surface area contributed by atoms with Crippen molar-refractivity contribution in [1.82, 2.24) is 0 Å². The van der Waals surface area contributed by atoms with E-state index in [9.17, 15) is 5.11 Å². The Bertz CT molecular complexity index is 109. The molecule has 0 saturated heterocycles. The van der Waals surface area contributed by atoms with Gasteiger partial charge in [-0.1, -0.05) is 12.8 Å². The summed E-state index contributed by atoms with van der Waals surface area (Å²) >= 11 is 0. The third kappa shape index (κ3) is 0.877. The summed E-state index contributed by atoms with van der Waals surface area (Å²) in [5, 5.41) is 9.40. The number of aliphatic hydroxyl groups is 1. The van der Waals surface area contributed by atoms with Gasteiger partial charge in [0.25, 0.3) is 0 Å². The SMILES string of the molecule is O[C@@H]1C[C@H]2CCC[C@H]1C2. The van der Waals surface area contributed by atoms with Crippen LogP contribution in [0.4, 0.5) is 0 Å². The molecule has 2 aliphatic carbocycles. The smallest absolute Gasteiger partial charge is 0.0571 e. The third-order valence-corrected chi connectivity index (χ3v) is 2.94.